The van der Waals surface area contributed by atoms with Crippen molar-refractivity contribution in [2.75, 3.05) is 7.05 Å². The monoisotopic (exact) mass is 277 g/mol. The Morgan fingerprint density at radius 1 is 1.37 bits per heavy atom. The Labute approximate surface area is 121 Å². The molecule has 0 radical (unpaired) electrons. The summed E-state index contributed by atoms with van der Waals surface area (Å²) in [4.78, 5) is 0.983. The molecule has 0 spiro atoms. The molecule has 0 aliphatic rings. The third-order valence-electron chi connectivity index (χ3n) is 2.94. The van der Waals surface area contributed by atoms with E-state index < -0.39 is 0 Å². The van der Waals surface area contributed by atoms with Crippen LogP contribution in [0.25, 0.3) is 0 Å². The summed E-state index contributed by atoms with van der Waals surface area (Å²) in [6, 6.07) is 8.17. The van der Waals surface area contributed by atoms with Gasteiger partial charge in [0.25, 0.3) is 0 Å². The van der Waals surface area contributed by atoms with E-state index in [0.29, 0.717) is 0 Å². The van der Waals surface area contributed by atoms with Crippen LogP contribution >= 0.6 is 12.6 Å². The molecule has 0 aromatic heterocycles. The summed E-state index contributed by atoms with van der Waals surface area (Å²) >= 11 is 4.29. The van der Waals surface area contributed by atoms with Crippen molar-refractivity contribution in [3.8, 4) is 0 Å². The van der Waals surface area contributed by atoms with E-state index in [9.17, 15) is 0 Å². The van der Waals surface area contributed by atoms with Gasteiger partial charge in [0.15, 0.2) is 0 Å². The topological polar surface area (TPSA) is 27.6 Å². The van der Waals surface area contributed by atoms with Gasteiger partial charge in [-0.25, -0.2) is 0 Å². The van der Waals surface area contributed by atoms with Gasteiger partial charge in [-0.1, -0.05) is 19.1 Å². The van der Waals surface area contributed by atoms with Gasteiger partial charge in [0, 0.05) is 24.7 Å². The van der Waals surface area contributed by atoms with E-state index in [1.54, 1.807) is 6.21 Å². The molecule has 19 heavy (non-hydrogen) atoms. The van der Waals surface area contributed by atoms with Crippen molar-refractivity contribution in [3.05, 3.63) is 41.2 Å². The van der Waals surface area contributed by atoms with Crippen molar-refractivity contribution < 1.29 is 0 Å². The summed E-state index contributed by atoms with van der Waals surface area (Å²) in [7, 11) is 1.96. The van der Waals surface area contributed by atoms with Crippen LogP contribution in [0.2, 0.25) is 0 Å². The number of allylic oxidation sites excluding steroid dienone is 1. The minimum Gasteiger partial charge on any atom is -0.366 e. The van der Waals surface area contributed by atoms with Crippen molar-refractivity contribution in [1.29, 1.82) is 0 Å². The fourth-order valence-corrected chi connectivity index (χ4v) is 1.89. The highest BCUT2D eigenvalue weighted by atomic mass is 32.1. The van der Waals surface area contributed by atoms with E-state index in [2.05, 4.69) is 49.0 Å². The number of hydrogen-bond donors (Lipinski definition) is 2. The quantitative estimate of drug-likeness (QED) is 0.472. The molecule has 0 amide bonds. The average molecular weight is 277 g/mol. The minimum atomic E-state index is 0.782. The first-order valence-corrected chi connectivity index (χ1v) is 6.97. The van der Waals surface area contributed by atoms with Gasteiger partial charge in [0.05, 0.1) is 0 Å². The standard InChI is InChI=1S/C15H23N3S/c1-5-12(3)15(18(4)17-6-2)16-11-13-7-9-14(19)10-8-13/h6-10,16,19H,5,11H2,1-4H3. The number of benzene rings is 1. The van der Waals surface area contributed by atoms with Gasteiger partial charge in [-0.15, -0.1) is 12.6 Å². The van der Waals surface area contributed by atoms with Crippen molar-refractivity contribution in [2.45, 2.75) is 38.6 Å². The molecule has 0 saturated heterocycles. The molecule has 0 aliphatic carbocycles. The second kappa shape index (κ2) is 7.89. The maximum Gasteiger partial charge on any atom is 0.121 e. The van der Waals surface area contributed by atoms with Crippen LogP contribution in [0.3, 0.4) is 0 Å². The molecule has 1 N–H and O–H groups in total. The molecule has 3 nitrogen and oxygen atoms in total. The van der Waals surface area contributed by atoms with Crippen LogP contribution in [0.15, 0.2) is 45.7 Å². The maximum absolute atomic E-state index is 4.30. The summed E-state index contributed by atoms with van der Waals surface area (Å²) < 4.78 is 0. The molecule has 0 aliphatic heterocycles. The molecule has 104 valence electrons. The number of nitrogens with one attached hydrogen (secondary N) is 1. The summed E-state index contributed by atoms with van der Waals surface area (Å²) in [6.07, 6.45) is 2.79. The Balaban J connectivity index is 2.77. The molecule has 0 atom stereocenters. The highest BCUT2D eigenvalue weighted by Gasteiger charge is 2.06. The third kappa shape index (κ3) is 4.99. The Morgan fingerprint density at radius 3 is 2.53 bits per heavy atom. The summed E-state index contributed by atoms with van der Waals surface area (Å²) in [5.74, 6) is 1.07. The fourth-order valence-electron chi connectivity index (χ4n) is 1.74. The van der Waals surface area contributed by atoms with Gasteiger partial charge in [-0.3, -0.25) is 5.01 Å². The van der Waals surface area contributed by atoms with Gasteiger partial charge in [0.2, 0.25) is 0 Å². The second-order valence-electron chi connectivity index (χ2n) is 4.40. The number of hydrogen-bond acceptors (Lipinski definition) is 4. The van der Waals surface area contributed by atoms with E-state index in [4.69, 9.17) is 0 Å². The highest BCUT2D eigenvalue weighted by Crippen LogP contribution is 2.12. The zero-order valence-electron chi connectivity index (χ0n) is 12.1. The smallest absolute Gasteiger partial charge is 0.121 e. The lowest BCUT2D eigenvalue weighted by atomic mass is 10.2. The van der Waals surface area contributed by atoms with Crippen LogP contribution in [0.4, 0.5) is 0 Å². The van der Waals surface area contributed by atoms with Crippen LogP contribution in [0, 0.1) is 0 Å². The average Bonchev–Trinajstić information content (AvgIpc) is 2.41. The molecule has 1 aromatic carbocycles. The van der Waals surface area contributed by atoms with E-state index in [1.165, 1.54) is 11.1 Å². The maximum atomic E-state index is 4.30. The Kier molecular flexibility index (Phi) is 6.50. The van der Waals surface area contributed by atoms with E-state index >= 15 is 0 Å². The van der Waals surface area contributed by atoms with Crippen LogP contribution in [0.5, 0.6) is 0 Å². The van der Waals surface area contributed by atoms with Gasteiger partial charge in [-0.05, 0) is 43.5 Å². The summed E-state index contributed by atoms with van der Waals surface area (Å²) in [6.45, 7) is 6.97. The fraction of sp³-hybridized carbons (Fsp3) is 0.400. The van der Waals surface area contributed by atoms with Crippen molar-refractivity contribution in [2.24, 2.45) is 5.10 Å². The van der Waals surface area contributed by atoms with E-state index in [1.807, 2.05) is 31.1 Å². The van der Waals surface area contributed by atoms with Crippen molar-refractivity contribution >= 4 is 18.8 Å². The number of rotatable bonds is 6. The van der Waals surface area contributed by atoms with Gasteiger partial charge >= 0.3 is 0 Å². The summed E-state index contributed by atoms with van der Waals surface area (Å²) in [5, 5.41) is 9.63. The molecule has 1 rings (SSSR count). The van der Waals surface area contributed by atoms with Crippen molar-refractivity contribution in [1.82, 2.24) is 10.3 Å². The SMILES string of the molecule is CC=NN(C)C(NCc1ccc(S)cc1)=C(C)CC. The molecule has 4 heteroatoms. The van der Waals surface area contributed by atoms with Crippen LogP contribution < -0.4 is 5.32 Å². The molecular weight excluding hydrogens is 254 g/mol. The molecule has 0 heterocycles. The van der Waals surface area contributed by atoms with Gasteiger partial charge in [-0.2, -0.15) is 5.10 Å². The minimum absolute atomic E-state index is 0.782. The second-order valence-corrected chi connectivity index (χ2v) is 4.92. The Morgan fingerprint density at radius 2 is 2.00 bits per heavy atom. The highest BCUT2D eigenvalue weighted by molar-refractivity contribution is 7.80. The number of hydrazone groups is 1. The molecule has 0 bridgehead atoms. The molecule has 0 unspecified atom stereocenters. The van der Waals surface area contributed by atoms with Crippen LogP contribution in [0.1, 0.15) is 32.8 Å². The first-order chi connectivity index (χ1) is 9.08. The molecule has 0 saturated carbocycles. The van der Waals surface area contributed by atoms with Crippen molar-refractivity contribution in [3.63, 3.8) is 0 Å². The third-order valence-corrected chi connectivity index (χ3v) is 3.24. The Bertz CT molecular complexity index is 449. The number of nitrogens with zero attached hydrogens (tertiary/aromatic N) is 2. The normalized spacial score (nSPS) is 12.5. The molecule has 1 aromatic rings. The predicted octanol–water partition coefficient (Wildman–Crippen LogP) is 3.64. The van der Waals surface area contributed by atoms with E-state index in [0.717, 1.165) is 23.7 Å². The lowest BCUT2D eigenvalue weighted by molar-refractivity contribution is 0.399. The lowest BCUT2D eigenvalue weighted by Gasteiger charge is -2.21. The predicted molar refractivity (Wildman–Crippen MR) is 85.5 cm³/mol. The van der Waals surface area contributed by atoms with Gasteiger partial charge in [0.1, 0.15) is 5.82 Å². The zero-order chi connectivity index (χ0) is 14.3. The van der Waals surface area contributed by atoms with Gasteiger partial charge < -0.3 is 5.32 Å². The largest absolute Gasteiger partial charge is 0.366 e. The molecular formula is C15H23N3S. The number of thiol groups is 1. The lowest BCUT2D eigenvalue weighted by Crippen LogP contribution is -2.26. The van der Waals surface area contributed by atoms with Crippen LogP contribution in [-0.2, 0) is 6.54 Å². The summed E-state index contributed by atoms with van der Waals surface area (Å²) in [5.41, 5.74) is 2.52. The molecule has 0 fully saturated rings. The van der Waals surface area contributed by atoms with Crippen LogP contribution in [-0.4, -0.2) is 18.3 Å². The van der Waals surface area contributed by atoms with E-state index in [-0.39, 0.29) is 0 Å². The zero-order valence-corrected chi connectivity index (χ0v) is 13.0. The first kappa shape index (κ1) is 15.6. The first-order valence-electron chi connectivity index (χ1n) is 6.52. The Hall–Kier alpha value is -1.42.